The SMILES string of the molecule is CCc1cc2c(C(N)=O)cccc2n1-c1ncc(C)c(NCc2ccccc2)n1. The number of anilines is 1. The molecule has 0 spiro atoms. The summed E-state index contributed by atoms with van der Waals surface area (Å²) >= 11 is 0. The van der Waals surface area contributed by atoms with Gasteiger partial charge in [-0.25, -0.2) is 4.98 Å². The van der Waals surface area contributed by atoms with Gasteiger partial charge in [-0.3, -0.25) is 9.36 Å². The van der Waals surface area contributed by atoms with E-state index in [-0.39, 0.29) is 0 Å². The summed E-state index contributed by atoms with van der Waals surface area (Å²) in [5, 5.41) is 4.23. The second-order valence-corrected chi connectivity index (χ2v) is 6.97. The third kappa shape index (κ3) is 3.57. The Bertz CT molecular complexity index is 1180. The minimum Gasteiger partial charge on any atom is -0.366 e. The molecule has 0 radical (unpaired) electrons. The lowest BCUT2D eigenvalue weighted by Gasteiger charge is -2.13. The van der Waals surface area contributed by atoms with Gasteiger partial charge in [0, 0.05) is 34.9 Å². The average Bonchev–Trinajstić information content (AvgIpc) is 3.12. The van der Waals surface area contributed by atoms with Crippen LogP contribution in [0.3, 0.4) is 0 Å². The molecule has 0 aliphatic carbocycles. The smallest absolute Gasteiger partial charge is 0.249 e. The van der Waals surface area contributed by atoms with Crippen molar-refractivity contribution in [2.75, 3.05) is 5.32 Å². The van der Waals surface area contributed by atoms with Crippen LogP contribution in [0.15, 0.2) is 60.8 Å². The predicted molar refractivity (Wildman–Crippen MR) is 115 cm³/mol. The number of aryl methyl sites for hydroxylation is 2. The number of primary amides is 1. The van der Waals surface area contributed by atoms with Crippen LogP contribution in [0.2, 0.25) is 0 Å². The van der Waals surface area contributed by atoms with Crippen molar-refractivity contribution in [3.63, 3.8) is 0 Å². The highest BCUT2D eigenvalue weighted by atomic mass is 16.1. The Kier molecular flexibility index (Phi) is 4.99. The van der Waals surface area contributed by atoms with Gasteiger partial charge in [-0.15, -0.1) is 0 Å². The number of benzene rings is 2. The number of aromatic nitrogens is 3. The highest BCUT2D eigenvalue weighted by Crippen LogP contribution is 2.27. The van der Waals surface area contributed by atoms with E-state index in [1.165, 1.54) is 5.56 Å². The van der Waals surface area contributed by atoms with Crippen LogP contribution < -0.4 is 11.1 Å². The number of nitrogens with zero attached hydrogens (tertiary/aromatic N) is 3. The molecule has 0 unspecified atom stereocenters. The van der Waals surface area contributed by atoms with Crippen LogP contribution in [-0.2, 0) is 13.0 Å². The Hall–Kier alpha value is -3.67. The van der Waals surface area contributed by atoms with Gasteiger partial charge >= 0.3 is 0 Å². The molecule has 0 fully saturated rings. The first kappa shape index (κ1) is 18.7. The van der Waals surface area contributed by atoms with E-state index in [9.17, 15) is 4.79 Å². The van der Waals surface area contributed by atoms with Crippen molar-refractivity contribution in [3.05, 3.63) is 83.2 Å². The normalized spacial score (nSPS) is 11.0. The van der Waals surface area contributed by atoms with Crippen LogP contribution in [-0.4, -0.2) is 20.4 Å². The van der Waals surface area contributed by atoms with Gasteiger partial charge in [-0.05, 0) is 37.1 Å². The molecule has 3 N–H and O–H groups in total. The predicted octanol–water partition coefficient (Wildman–Crippen LogP) is 4.00. The number of hydrogen-bond acceptors (Lipinski definition) is 4. The van der Waals surface area contributed by atoms with Crippen LogP contribution in [0.5, 0.6) is 0 Å². The summed E-state index contributed by atoms with van der Waals surface area (Å²) < 4.78 is 1.99. The van der Waals surface area contributed by atoms with Crippen molar-refractivity contribution in [2.24, 2.45) is 5.73 Å². The lowest BCUT2D eigenvalue weighted by molar-refractivity contribution is 0.100. The number of nitrogens with two attached hydrogens (primary N) is 1. The van der Waals surface area contributed by atoms with Gasteiger partial charge in [0.2, 0.25) is 11.9 Å². The number of nitrogens with one attached hydrogen (secondary N) is 1. The maximum atomic E-state index is 11.9. The number of rotatable bonds is 6. The Balaban J connectivity index is 1.78. The molecule has 0 atom stereocenters. The van der Waals surface area contributed by atoms with Gasteiger partial charge in [0.05, 0.1) is 5.52 Å². The fraction of sp³-hybridized carbons (Fsp3) is 0.174. The lowest BCUT2D eigenvalue weighted by Crippen LogP contribution is -2.11. The summed E-state index contributed by atoms with van der Waals surface area (Å²) in [6, 6.07) is 17.7. The van der Waals surface area contributed by atoms with Gasteiger partial charge in [0.25, 0.3) is 0 Å². The first-order chi connectivity index (χ1) is 14.1. The molecule has 2 heterocycles. The topological polar surface area (TPSA) is 85.8 Å². The third-order valence-electron chi connectivity index (χ3n) is 5.01. The summed E-state index contributed by atoms with van der Waals surface area (Å²) in [5.74, 6) is 0.916. The Morgan fingerprint density at radius 3 is 2.66 bits per heavy atom. The Morgan fingerprint density at radius 2 is 1.93 bits per heavy atom. The summed E-state index contributed by atoms with van der Waals surface area (Å²) in [7, 11) is 0. The van der Waals surface area contributed by atoms with E-state index >= 15 is 0 Å². The third-order valence-corrected chi connectivity index (χ3v) is 5.01. The zero-order valence-electron chi connectivity index (χ0n) is 16.5. The van der Waals surface area contributed by atoms with Crippen molar-refractivity contribution < 1.29 is 4.79 Å². The minimum atomic E-state index is -0.439. The number of hydrogen-bond donors (Lipinski definition) is 2. The van der Waals surface area contributed by atoms with Gasteiger partial charge in [-0.1, -0.05) is 43.3 Å². The van der Waals surface area contributed by atoms with Crippen molar-refractivity contribution in [1.82, 2.24) is 14.5 Å². The first-order valence-corrected chi connectivity index (χ1v) is 9.63. The molecule has 0 saturated carbocycles. The van der Waals surface area contributed by atoms with Crippen LogP contribution in [0.25, 0.3) is 16.9 Å². The zero-order valence-corrected chi connectivity index (χ0v) is 16.5. The summed E-state index contributed by atoms with van der Waals surface area (Å²) in [4.78, 5) is 21.2. The Morgan fingerprint density at radius 1 is 1.14 bits per heavy atom. The first-order valence-electron chi connectivity index (χ1n) is 9.63. The van der Waals surface area contributed by atoms with E-state index in [2.05, 4.69) is 29.4 Å². The Labute approximate surface area is 169 Å². The van der Waals surface area contributed by atoms with Gasteiger partial charge in [0.1, 0.15) is 5.82 Å². The number of fused-ring (bicyclic) bond motifs is 1. The molecule has 6 nitrogen and oxygen atoms in total. The molecular formula is C23H23N5O. The van der Waals surface area contributed by atoms with Crippen LogP contribution in [0.1, 0.15) is 34.1 Å². The average molecular weight is 385 g/mol. The maximum absolute atomic E-state index is 11.9. The lowest BCUT2D eigenvalue weighted by atomic mass is 10.1. The number of amides is 1. The number of carbonyl (C=O) groups excluding carboxylic acids is 1. The van der Waals surface area contributed by atoms with E-state index in [0.29, 0.717) is 18.1 Å². The molecule has 6 heteroatoms. The molecule has 146 valence electrons. The van der Waals surface area contributed by atoms with Crippen molar-refractivity contribution in [1.29, 1.82) is 0 Å². The standard InChI is InChI=1S/C23H23N5O/c1-3-17-12-19-18(21(24)29)10-7-11-20(19)28(17)23-26-13-15(2)22(27-23)25-14-16-8-5-4-6-9-16/h4-13H,3,14H2,1-2H3,(H2,24,29)(H,25,26,27). The molecular weight excluding hydrogens is 362 g/mol. The molecule has 4 rings (SSSR count). The van der Waals surface area contributed by atoms with E-state index < -0.39 is 5.91 Å². The van der Waals surface area contributed by atoms with E-state index in [1.807, 2.05) is 54.1 Å². The maximum Gasteiger partial charge on any atom is 0.249 e. The molecule has 29 heavy (non-hydrogen) atoms. The van der Waals surface area contributed by atoms with Crippen LogP contribution >= 0.6 is 0 Å². The fourth-order valence-electron chi connectivity index (χ4n) is 3.50. The van der Waals surface area contributed by atoms with Crippen LogP contribution in [0.4, 0.5) is 5.82 Å². The molecule has 0 bridgehead atoms. The van der Waals surface area contributed by atoms with Gasteiger partial charge in [-0.2, -0.15) is 4.98 Å². The van der Waals surface area contributed by atoms with E-state index in [4.69, 9.17) is 10.7 Å². The van der Waals surface area contributed by atoms with Gasteiger partial charge in [0.15, 0.2) is 0 Å². The van der Waals surface area contributed by atoms with Crippen LogP contribution in [0, 0.1) is 6.92 Å². The molecule has 4 aromatic rings. The zero-order chi connectivity index (χ0) is 20.4. The quantitative estimate of drug-likeness (QED) is 0.525. The molecule has 1 amide bonds. The molecule has 2 aromatic heterocycles. The van der Waals surface area contributed by atoms with E-state index in [1.54, 1.807) is 6.07 Å². The fourth-order valence-corrected chi connectivity index (χ4v) is 3.50. The molecule has 0 saturated heterocycles. The molecule has 0 aliphatic rings. The minimum absolute atomic E-state index is 0.439. The molecule has 2 aromatic carbocycles. The molecule has 0 aliphatic heterocycles. The summed E-state index contributed by atoms with van der Waals surface area (Å²) in [5.41, 5.74) is 10.1. The second kappa shape index (κ2) is 7.75. The monoisotopic (exact) mass is 385 g/mol. The van der Waals surface area contributed by atoms with Crippen molar-refractivity contribution in [3.8, 4) is 5.95 Å². The number of carbonyl (C=O) groups is 1. The van der Waals surface area contributed by atoms with Gasteiger partial charge < -0.3 is 11.1 Å². The largest absolute Gasteiger partial charge is 0.366 e. The summed E-state index contributed by atoms with van der Waals surface area (Å²) in [6.07, 6.45) is 2.59. The highest BCUT2D eigenvalue weighted by molar-refractivity contribution is 6.06. The van der Waals surface area contributed by atoms with Crippen molar-refractivity contribution in [2.45, 2.75) is 26.8 Å². The van der Waals surface area contributed by atoms with Crippen molar-refractivity contribution >= 4 is 22.6 Å². The second-order valence-electron chi connectivity index (χ2n) is 6.97. The van der Waals surface area contributed by atoms with E-state index in [0.717, 1.165) is 34.4 Å². The summed E-state index contributed by atoms with van der Waals surface area (Å²) in [6.45, 7) is 4.73. The highest BCUT2D eigenvalue weighted by Gasteiger charge is 2.17.